The summed E-state index contributed by atoms with van der Waals surface area (Å²) in [5.74, 6) is -1.14. The van der Waals surface area contributed by atoms with Gasteiger partial charge in [0.1, 0.15) is 11.0 Å². The fourth-order valence-electron chi connectivity index (χ4n) is 1.16. The molecular formula is C24H33Cl2O6+3. The summed E-state index contributed by atoms with van der Waals surface area (Å²) in [6.07, 6.45) is 0. The number of hydrogen-bond acceptors (Lipinski definition) is 4. The predicted octanol–water partition coefficient (Wildman–Crippen LogP) is 3.74. The zero-order valence-corrected chi connectivity index (χ0v) is 20.8. The van der Waals surface area contributed by atoms with Crippen molar-refractivity contribution in [3.05, 3.63) is 71.8 Å². The third-order valence-electron chi connectivity index (χ3n) is 3.33. The number of hydrogen-bond donors (Lipinski definition) is 0. The van der Waals surface area contributed by atoms with Crippen molar-refractivity contribution in [2.75, 3.05) is 0 Å². The Morgan fingerprint density at radius 2 is 0.969 bits per heavy atom. The van der Waals surface area contributed by atoms with Crippen molar-refractivity contribution in [2.24, 2.45) is 10.8 Å². The summed E-state index contributed by atoms with van der Waals surface area (Å²) in [7, 11) is 0. The number of halogens is 2. The summed E-state index contributed by atoms with van der Waals surface area (Å²) in [6, 6.07) is 17.3. The highest BCUT2D eigenvalue weighted by Crippen LogP contribution is 2.12. The van der Waals surface area contributed by atoms with Crippen LogP contribution in [0.4, 0.5) is 0 Å². The van der Waals surface area contributed by atoms with E-state index in [4.69, 9.17) is 21.8 Å². The lowest BCUT2D eigenvalue weighted by Crippen LogP contribution is -2.18. The molecule has 0 bridgehead atoms. The van der Waals surface area contributed by atoms with E-state index in [0.29, 0.717) is 11.1 Å². The summed E-state index contributed by atoms with van der Waals surface area (Å²) in [6.45, 7) is 10.6. The highest BCUT2D eigenvalue weighted by Gasteiger charge is 2.27. The molecule has 176 valence electrons. The molecule has 2 aromatic rings. The second kappa shape index (κ2) is 15.2. The average Bonchev–Trinajstić information content (AvgIpc) is 2.69. The first-order valence-corrected chi connectivity index (χ1v) is 10.3. The predicted molar refractivity (Wildman–Crippen MR) is 125 cm³/mol. The zero-order chi connectivity index (χ0) is 25.5. The van der Waals surface area contributed by atoms with E-state index in [1.54, 1.807) is 69.3 Å². The van der Waals surface area contributed by atoms with Gasteiger partial charge < -0.3 is 10.2 Å². The van der Waals surface area contributed by atoms with Crippen LogP contribution in [-0.4, -0.2) is 32.6 Å². The van der Waals surface area contributed by atoms with E-state index in [-0.39, 0.29) is 10.7 Å². The van der Waals surface area contributed by atoms with Crippen LogP contribution in [0.1, 0.15) is 62.3 Å². The van der Waals surface area contributed by atoms with E-state index in [2.05, 4.69) is 11.6 Å². The number of rotatable bonds is 2. The Morgan fingerprint density at radius 3 is 1.09 bits per heavy atom. The number of carbonyl (C=O) groups excluding carboxylic acids is 4. The van der Waals surface area contributed by atoms with Gasteiger partial charge in [-0.1, -0.05) is 48.5 Å². The van der Waals surface area contributed by atoms with Crippen molar-refractivity contribution >= 4 is 34.0 Å². The summed E-state index contributed by atoms with van der Waals surface area (Å²) >= 11 is 9.54. The molecule has 0 amide bonds. The minimum absolute atomic E-state index is 0.174. The summed E-state index contributed by atoms with van der Waals surface area (Å²) in [5.41, 5.74) is 0.187. The maximum absolute atomic E-state index is 10.4. The van der Waals surface area contributed by atoms with Crippen molar-refractivity contribution in [1.82, 2.24) is 0 Å². The van der Waals surface area contributed by atoms with E-state index in [0.717, 1.165) is 0 Å². The van der Waals surface area contributed by atoms with Crippen LogP contribution in [0.5, 0.6) is 0 Å². The quantitative estimate of drug-likeness (QED) is 0.473. The molecule has 0 aromatic heterocycles. The molecule has 0 aliphatic carbocycles. The minimum atomic E-state index is -0.629. The van der Waals surface area contributed by atoms with Gasteiger partial charge in [0.25, 0.3) is 5.24 Å². The second-order valence-electron chi connectivity index (χ2n) is 8.45. The Morgan fingerprint density at radius 1 is 0.688 bits per heavy atom. The molecule has 4 N–H and O–H groups in total. The smallest absolute Gasteiger partial charge is 0.549 e. The molecule has 0 aliphatic heterocycles. The van der Waals surface area contributed by atoms with Gasteiger partial charge in [0.15, 0.2) is 11.6 Å². The van der Waals surface area contributed by atoms with Gasteiger partial charge >= 0.3 is 17.2 Å². The van der Waals surface area contributed by atoms with Crippen LogP contribution in [0.15, 0.2) is 60.7 Å². The van der Waals surface area contributed by atoms with Crippen LogP contribution < -0.4 is 0 Å². The van der Waals surface area contributed by atoms with Crippen LogP contribution in [-0.2, 0) is 9.59 Å². The minimum Gasteiger partial charge on any atom is -0.564 e. The second-order valence-corrected chi connectivity index (χ2v) is 9.17. The lowest BCUT2D eigenvalue weighted by atomic mass is 9.98. The van der Waals surface area contributed by atoms with E-state index >= 15 is 0 Å². The maximum atomic E-state index is 10.4. The van der Waals surface area contributed by atoms with Crippen molar-refractivity contribution in [1.29, 1.82) is 0 Å². The fourth-order valence-corrected chi connectivity index (χ4v) is 1.28. The highest BCUT2D eigenvalue weighted by atomic mass is 35.5. The molecular weight excluding hydrogens is 455 g/mol. The molecule has 0 atom stereocenters. The molecule has 8 heteroatoms. The Balaban J connectivity index is 0. The first-order valence-electron chi connectivity index (χ1n) is 9.53. The first kappa shape index (κ1) is 31.5. The zero-order valence-electron chi connectivity index (χ0n) is 19.2. The average molecular weight is 488 g/mol. The van der Waals surface area contributed by atoms with Gasteiger partial charge in [-0.3, -0.25) is 4.79 Å². The molecule has 0 aliphatic rings. The standard InChI is InChI=1S/C7H5ClO.C7H6O2.C5H10ClO.C5H10O2/c2*8-7(9)6-4-2-1-3-5-6;2*1-5(2,3)4(6)7/h1-5H;1-5H,(H,8,9);6H,1-3H3;1-3H3,(H,6,7)/q;;+1;/p+2. The molecule has 0 fully saturated rings. The Bertz CT molecular complexity index is 778. The van der Waals surface area contributed by atoms with Gasteiger partial charge in [0.2, 0.25) is 0 Å². The largest absolute Gasteiger partial charge is 0.564 e. The van der Waals surface area contributed by atoms with Crippen molar-refractivity contribution in [2.45, 2.75) is 41.5 Å². The van der Waals surface area contributed by atoms with Gasteiger partial charge in [0.05, 0.1) is 5.41 Å². The normalized spacial score (nSPS) is 10.0. The molecule has 2 rings (SSSR count). The van der Waals surface area contributed by atoms with E-state index in [9.17, 15) is 19.2 Å². The van der Waals surface area contributed by atoms with Gasteiger partial charge in [0, 0.05) is 15.2 Å². The van der Waals surface area contributed by atoms with Crippen LogP contribution in [0.25, 0.3) is 0 Å². The maximum Gasteiger partial charge on any atom is 0.549 e. The van der Waals surface area contributed by atoms with Crippen LogP contribution >= 0.6 is 11.6 Å². The summed E-state index contributed by atoms with van der Waals surface area (Å²) in [5, 5.41) is 12.7. The van der Waals surface area contributed by atoms with Crippen molar-refractivity contribution in [3.8, 4) is 0 Å². The highest BCUT2D eigenvalue weighted by molar-refractivity contribution is 6.67. The Labute approximate surface area is 199 Å². The topological polar surface area (TPSA) is 114 Å². The first-order chi connectivity index (χ1) is 14.5. The SMILES string of the molecule is CC(C)(C)C(=O)[ClH+].CC(C)(C)C(=O)[OH2+].O=C(Cl)c1ccccc1.O=C([OH2+])c1ccccc1. The van der Waals surface area contributed by atoms with Gasteiger partial charge in [-0.05, 0) is 65.3 Å². The van der Waals surface area contributed by atoms with Crippen molar-refractivity contribution < 1.29 is 41.0 Å². The lowest BCUT2D eigenvalue weighted by molar-refractivity contribution is -0.316. The van der Waals surface area contributed by atoms with Crippen LogP contribution in [0.2, 0.25) is 0 Å². The van der Waals surface area contributed by atoms with Gasteiger partial charge in [-0.2, -0.15) is 0 Å². The summed E-state index contributed by atoms with van der Waals surface area (Å²) in [4.78, 5) is 41.1. The van der Waals surface area contributed by atoms with E-state index in [1.807, 2.05) is 32.9 Å². The van der Waals surface area contributed by atoms with Crippen LogP contribution in [0, 0.1) is 22.4 Å². The van der Waals surface area contributed by atoms with Gasteiger partial charge in [-0.25, -0.2) is 4.79 Å². The number of benzene rings is 2. The fraction of sp³-hybridized carbons (Fsp3) is 0.333. The Kier molecular flexibility index (Phi) is 14.9. The molecule has 32 heavy (non-hydrogen) atoms. The van der Waals surface area contributed by atoms with E-state index < -0.39 is 22.6 Å². The lowest BCUT2D eigenvalue weighted by Gasteiger charge is -2.02. The monoisotopic (exact) mass is 487 g/mol. The van der Waals surface area contributed by atoms with E-state index in [1.165, 1.54) is 0 Å². The molecule has 6 nitrogen and oxygen atoms in total. The molecule has 2 aromatic carbocycles. The molecule has 0 unspecified atom stereocenters. The molecule has 0 radical (unpaired) electrons. The Hall–Kier alpha value is -2.70. The third kappa shape index (κ3) is 17.0. The molecule has 0 saturated heterocycles. The number of carbonyl (C=O) groups is 4. The summed E-state index contributed by atoms with van der Waals surface area (Å²) < 4.78 is 0. The molecule has 0 saturated carbocycles. The van der Waals surface area contributed by atoms with Crippen molar-refractivity contribution in [3.63, 3.8) is 0 Å². The van der Waals surface area contributed by atoms with Crippen LogP contribution in [0.3, 0.4) is 0 Å². The molecule has 0 spiro atoms. The third-order valence-corrected chi connectivity index (χ3v) is 4.16. The molecule has 0 heterocycles. The van der Waals surface area contributed by atoms with Gasteiger partial charge in [-0.15, -0.1) is 0 Å².